The second-order valence-electron chi connectivity index (χ2n) is 5.19. The van der Waals surface area contributed by atoms with Crippen molar-refractivity contribution in [2.75, 3.05) is 0 Å². The third-order valence-electron chi connectivity index (χ3n) is 3.31. The molecule has 0 fully saturated rings. The number of hydrogen-bond acceptors (Lipinski definition) is 4. The summed E-state index contributed by atoms with van der Waals surface area (Å²) >= 11 is 0. The third kappa shape index (κ3) is 2.60. The van der Waals surface area contributed by atoms with Crippen molar-refractivity contribution in [1.82, 2.24) is 14.6 Å². The van der Waals surface area contributed by atoms with Crippen molar-refractivity contribution in [3.8, 4) is 5.75 Å². The Hall–Kier alpha value is -2.40. The van der Waals surface area contributed by atoms with Crippen LogP contribution in [-0.2, 0) is 0 Å². The summed E-state index contributed by atoms with van der Waals surface area (Å²) in [6.45, 7) is 4.00. The molecule has 0 aliphatic carbocycles. The molecular formula is C16H18N4O. The Morgan fingerprint density at radius 1 is 1.14 bits per heavy atom. The quantitative estimate of drug-likeness (QED) is 0.798. The molecule has 0 saturated heterocycles. The Bertz CT molecular complexity index is 751. The highest BCUT2D eigenvalue weighted by atomic mass is 16.5. The minimum atomic E-state index is -0.304. The van der Waals surface area contributed by atoms with Gasteiger partial charge in [-0.3, -0.25) is 4.98 Å². The van der Waals surface area contributed by atoms with Gasteiger partial charge in [0, 0.05) is 23.5 Å². The molecule has 108 valence electrons. The second kappa shape index (κ2) is 5.54. The third-order valence-corrected chi connectivity index (χ3v) is 3.31. The average Bonchev–Trinajstić information content (AvgIpc) is 2.90. The van der Waals surface area contributed by atoms with Crippen molar-refractivity contribution in [2.24, 2.45) is 5.73 Å². The molecule has 5 nitrogen and oxygen atoms in total. The largest absolute Gasteiger partial charge is 0.491 e. The molecule has 1 aromatic carbocycles. The van der Waals surface area contributed by atoms with Crippen LogP contribution in [0.1, 0.15) is 31.0 Å². The lowest BCUT2D eigenvalue weighted by Gasteiger charge is -2.18. The maximum Gasteiger partial charge on any atom is 0.124 e. The highest BCUT2D eigenvalue weighted by Gasteiger charge is 2.18. The van der Waals surface area contributed by atoms with E-state index >= 15 is 0 Å². The van der Waals surface area contributed by atoms with Gasteiger partial charge in [-0.25, -0.2) is 4.52 Å². The minimum Gasteiger partial charge on any atom is -0.491 e. The zero-order valence-electron chi connectivity index (χ0n) is 12.1. The molecule has 0 bridgehead atoms. The van der Waals surface area contributed by atoms with Gasteiger partial charge in [-0.1, -0.05) is 18.2 Å². The monoisotopic (exact) mass is 282 g/mol. The van der Waals surface area contributed by atoms with Gasteiger partial charge in [-0.15, -0.1) is 0 Å². The van der Waals surface area contributed by atoms with Crippen molar-refractivity contribution in [3.05, 3.63) is 60.2 Å². The van der Waals surface area contributed by atoms with Gasteiger partial charge in [0.2, 0.25) is 0 Å². The number of para-hydroxylation sites is 1. The highest BCUT2D eigenvalue weighted by Crippen LogP contribution is 2.30. The fourth-order valence-electron chi connectivity index (χ4n) is 2.36. The van der Waals surface area contributed by atoms with Crippen LogP contribution in [0, 0.1) is 0 Å². The van der Waals surface area contributed by atoms with Crippen LogP contribution in [0.4, 0.5) is 0 Å². The Morgan fingerprint density at radius 2 is 1.95 bits per heavy atom. The van der Waals surface area contributed by atoms with E-state index in [1.807, 2.05) is 44.3 Å². The van der Waals surface area contributed by atoms with Gasteiger partial charge >= 0.3 is 0 Å². The van der Waals surface area contributed by atoms with Gasteiger partial charge in [-0.2, -0.15) is 5.10 Å². The fourth-order valence-corrected chi connectivity index (χ4v) is 2.36. The number of hydrogen-bond donors (Lipinski definition) is 1. The van der Waals surface area contributed by atoms with Gasteiger partial charge in [-0.05, 0) is 19.9 Å². The van der Waals surface area contributed by atoms with Crippen molar-refractivity contribution >= 4 is 5.52 Å². The van der Waals surface area contributed by atoms with Gasteiger partial charge in [0.25, 0.3) is 0 Å². The van der Waals surface area contributed by atoms with E-state index in [0.717, 1.165) is 22.4 Å². The van der Waals surface area contributed by atoms with Gasteiger partial charge in [0.1, 0.15) is 5.75 Å². The Labute approximate surface area is 123 Å². The molecule has 0 aliphatic rings. The first kappa shape index (κ1) is 13.6. The van der Waals surface area contributed by atoms with E-state index in [0.29, 0.717) is 0 Å². The molecule has 0 saturated carbocycles. The van der Waals surface area contributed by atoms with Crippen molar-refractivity contribution in [1.29, 1.82) is 0 Å². The lowest BCUT2D eigenvalue weighted by atomic mass is 10.00. The Morgan fingerprint density at radius 3 is 2.76 bits per heavy atom. The molecule has 2 N–H and O–H groups in total. The zero-order valence-corrected chi connectivity index (χ0v) is 12.1. The standard InChI is InChI=1S/C16H18N4O/c1-11(2)21-15-6-4-3-5-12(15)16(17)13-9-19-20-8-7-18-10-14(13)20/h3-11,16H,17H2,1-2H3. The molecular weight excluding hydrogens is 264 g/mol. The zero-order chi connectivity index (χ0) is 14.8. The molecule has 0 radical (unpaired) electrons. The van der Waals surface area contributed by atoms with Crippen molar-refractivity contribution < 1.29 is 4.74 Å². The summed E-state index contributed by atoms with van der Waals surface area (Å²) in [7, 11) is 0. The summed E-state index contributed by atoms with van der Waals surface area (Å²) in [5.74, 6) is 0.809. The number of aromatic nitrogens is 3. The molecule has 2 aromatic heterocycles. The molecule has 5 heteroatoms. The summed E-state index contributed by atoms with van der Waals surface area (Å²) < 4.78 is 7.63. The number of rotatable bonds is 4. The number of nitrogens with two attached hydrogens (primary N) is 1. The number of benzene rings is 1. The summed E-state index contributed by atoms with van der Waals surface area (Å²) in [4.78, 5) is 4.14. The Balaban J connectivity index is 2.04. The van der Waals surface area contributed by atoms with E-state index in [1.165, 1.54) is 0 Å². The smallest absolute Gasteiger partial charge is 0.124 e. The van der Waals surface area contributed by atoms with Crippen LogP contribution in [0.25, 0.3) is 5.52 Å². The lowest BCUT2D eigenvalue weighted by molar-refractivity contribution is 0.239. The number of fused-ring (bicyclic) bond motifs is 1. The first-order valence-electron chi connectivity index (χ1n) is 6.95. The van der Waals surface area contributed by atoms with Gasteiger partial charge < -0.3 is 10.5 Å². The first-order valence-corrected chi connectivity index (χ1v) is 6.95. The normalized spacial score (nSPS) is 12.8. The highest BCUT2D eigenvalue weighted by molar-refractivity contribution is 5.57. The molecule has 3 aromatic rings. The molecule has 2 heterocycles. The number of nitrogens with zero attached hydrogens (tertiary/aromatic N) is 3. The summed E-state index contributed by atoms with van der Waals surface area (Å²) in [5.41, 5.74) is 9.23. The van der Waals surface area contributed by atoms with Crippen LogP contribution >= 0.6 is 0 Å². The molecule has 1 atom stereocenters. The van der Waals surface area contributed by atoms with Gasteiger partial charge in [0.05, 0.1) is 30.1 Å². The maximum absolute atomic E-state index is 6.44. The molecule has 0 spiro atoms. The topological polar surface area (TPSA) is 65.4 Å². The van der Waals surface area contributed by atoms with Crippen LogP contribution < -0.4 is 10.5 Å². The predicted molar refractivity (Wildman–Crippen MR) is 81.2 cm³/mol. The summed E-state index contributed by atoms with van der Waals surface area (Å²) in [5, 5.41) is 4.31. The summed E-state index contributed by atoms with van der Waals surface area (Å²) in [6, 6.07) is 7.54. The van der Waals surface area contributed by atoms with Crippen molar-refractivity contribution in [3.63, 3.8) is 0 Å². The number of ether oxygens (including phenoxy) is 1. The molecule has 21 heavy (non-hydrogen) atoms. The first-order chi connectivity index (χ1) is 10.2. The van der Waals surface area contributed by atoms with E-state index in [4.69, 9.17) is 10.5 Å². The van der Waals surface area contributed by atoms with Gasteiger partial charge in [0.15, 0.2) is 0 Å². The summed E-state index contributed by atoms with van der Waals surface area (Å²) in [6.07, 6.45) is 7.17. The van der Waals surface area contributed by atoms with E-state index < -0.39 is 0 Å². The average molecular weight is 282 g/mol. The second-order valence-corrected chi connectivity index (χ2v) is 5.19. The molecule has 0 amide bonds. The van der Waals surface area contributed by atoms with E-state index in [9.17, 15) is 0 Å². The van der Waals surface area contributed by atoms with Crippen molar-refractivity contribution in [2.45, 2.75) is 26.0 Å². The lowest BCUT2D eigenvalue weighted by Crippen LogP contribution is -2.15. The van der Waals surface area contributed by atoms with Crippen LogP contribution in [0.3, 0.4) is 0 Å². The SMILES string of the molecule is CC(C)Oc1ccccc1C(N)c1cnn2ccncc12. The van der Waals surface area contributed by atoms with Crippen LogP contribution in [0.5, 0.6) is 5.75 Å². The van der Waals surface area contributed by atoms with E-state index in [2.05, 4.69) is 10.1 Å². The minimum absolute atomic E-state index is 0.101. The van der Waals surface area contributed by atoms with E-state index in [1.54, 1.807) is 23.1 Å². The van der Waals surface area contributed by atoms with Crippen LogP contribution in [-0.4, -0.2) is 20.7 Å². The molecule has 0 aliphatic heterocycles. The van der Waals surface area contributed by atoms with Crippen LogP contribution in [0.2, 0.25) is 0 Å². The maximum atomic E-state index is 6.44. The molecule has 3 rings (SSSR count). The van der Waals surface area contributed by atoms with E-state index in [-0.39, 0.29) is 12.1 Å². The molecule has 1 unspecified atom stereocenters. The predicted octanol–water partition coefficient (Wildman–Crippen LogP) is 2.56. The van der Waals surface area contributed by atoms with Crippen LogP contribution in [0.15, 0.2) is 49.1 Å². The fraction of sp³-hybridized carbons (Fsp3) is 0.250. The Kier molecular flexibility index (Phi) is 3.58.